The first kappa shape index (κ1) is 18.9. The van der Waals surface area contributed by atoms with Crippen LogP contribution in [0.3, 0.4) is 0 Å². The second-order valence-corrected chi connectivity index (χ2v) is 5.99. The average Bonchev–Trinajstić information content (AvgIpc) is 2.77. The summed E-state index contributed by atoms with van der Waals surface area (Å²) in [7, 11) is 0. The van der Waals surface area contributed by atoms with Crippen LogP contribution in [-0.2, 0) is 4.79 Å². The lowest BCUT2D eigenvalue weighted by Crippen LogP contribution is -2.39. The number of carbonyl (C=O) groups is 2. The zero-order valence-electron chi connectivity index (χ0n) is 14.9. The summed E-state index contributed by atoms with van der Waals surface area (Å²) in [5.74, 6) is 4.95. The Bertz CT molecular complexity index is 1000. The van der Waals surface area contributed by atoms with Crippen LogP contribution in [0.5, 0.6) is 0 Å². The summed E-state index contributed by atoms with van der Waals surface area (Å²) >= 11 is 0. The summed E-state index contributed by atoms with van der Waals surface area (Å²) in [5, 5.41) is 11.6. The Hall–Kier alpha value is -3.88. The monoisotopic (exact) mass is 370 g/mol. The van der Waals surface area contributed by atoms with E-state index >= 15 is 0 Å². The van der Waals surface area contributed by atoms with E-state index in [2.05, 4.69) is 17.2 Å². The molecule has 0 aromatic heterocycles. The van der Waals surface area contributed by atoms with Gasteiger partial charge in [0.15, 0.2) is 0 Å². The Kier molecular flexibility index (Phi) is 6.19. The van der Waals surface area contributed by atoms with E-state index in [1.807, 2.05) is 30.3 Å². The molecular formula is C23H18N2O3. The molecule has 28 heavy (non-hydrogen) atoms. The normalized spacial score (nSPS) is 10.9. The van der Waals surface area contributed by atoms with Crippen molar-refractivity contribution >= 4 is 11.8 Å². The minimum atomic E-state index is -1.00. The van der Waals surface area contributed by atoms with Crippen molar-refractivity contribution in [3.05, 3.63) is 107 Å². The Labute approximate surface area is 163 Å². The topological polar surface area (TPSA) is 78.4 Å². The molecule has 0 aliphatic rings. The molecule has 3 aromatic carbocycles. The highest BCUT2D eigenvalue weighted by Gasteiger charge is 2.22. The van der Waals surface area contributed by atoms with Crippen LogP contribution >= 0.6 is 0 Å². The fraction of sp³-hybridized carbons (Fsp3) is 0.0435. The highest BCUT2D eigenvalue weighted by Crippen LogP contribution is 2.14. The van der Waals surface area contributed by atoms with Crippen molar-refractivity contribution in [2.75, 3.05) is 0 Å². The van der Waals surface area contributed by atoms with Crippen LogP contribution in [0, 0.1) is 11.8 Å². The van der Waals surface area contributed by atoms with Crippen LogP contribution in [0.25, 0.3) is 0 Å². The highest BCUT2D eigenvalue weighted by molar-refractivity contribution is 5.97. The Morgan fingerprint density at radius 3 is 1.86 bits per heavy atom. The van der Waals surface area contributed by atoms with Gasteiger partial charge in [0.05, 0.1) is 0 Å². The van der Waals surface area contributed by atoms with Crippen LogP contribution in [-0.4, -0.2) is 17.0 Å². The van der Waals surface area contributed by atoms with Gasteiger partial charge in [0.2, 0.25) is 0 Å². The van der Waals surface area contributed by atoms with Gasteiger partial charge in [-0.3, -0.25) is 14.8 Å². The average molecular weight is 370 g/mol. The number of amides is 2. The molecule has 0 unspecified atom stereocenters. The summed E-state index contributed by atoms with van der Waals surface area (Å²) in [6.07, 6.45) is 0. The molecule has 2 amide bonds. The van der Waals surface area contributed by atoms with Crippen LogP contribution in [0.2, 0.25) is 0 Å². The molecule has 0 heterocycles. The van der Waals surface area contributed by atoms with Gasteiger partial charge in [-0.1, -0.05) is 60.4 Å². The second kappa shape index (κ2) is 9.17. The minimum Gasteiger partial charge on any atom is -0.336 e. The Morgan fingerprint density at radius 2 is 1.29 bits per heavy atom. The van der Waals surface area contributed by atoms with Crippen LogP contribution in [0.4, 0.5) is 0 Å². The van der Waals surface area contributed by atoms with Gasteiger partial charge < -0.3 is 5.32 Å². The molecule has 0 aliphatic heterocycles. The summed E-state index contributed by atoms with van der Waals surface area (Å²) in [6.45, 7) is 0. The number of carbonyl (C=O) groups excluding carboxylic acids is 2. The first-order valence-corrected chi connectivity index (χ1v) is 8.64. The van der Waals surface area contributed by atoms with Gasteiger partial charge in [-0.05, 0) is 42.0 Å². The maximum atomic E-state index is 12.5. The Balaban J connectivity index is 1.73. The fourth-order valence-corrected chi connectivity index (χ4v) is 2.60. The minimum absolute atomic E-state index is 0.386. The number of hydroxylamine groups is 1. The smallest absolute Gasteiger partial charge is 0.270 e. The van der Waals surface area contributed by atoms with Gasteiger partial charge in [0.1, 0.15) is 6.04 Å². The maximum absolute atomic E-state index is 12.5. The van der Waals surface area contributed by atoms with E-state index in [4.69, 9.17) is 5.21 Å². The van der Waals surface area contributed by atoms with E-state index in [1.54, 1.807) is 60.1 Å². The first-order chi connectivity index (χ1) is 13.7. The summed E-state index contributed by atoms with van der Waals surface area (Å²) in [4.78, 5) is 24.5. The molecule has 5 heteroatoms. The van der Waals surface area contributed by atoms with Gasteiger partial charge >= 0.3 is 0 Å². The van der Waals surface area contributed by atoms with Crippen molar-refractivity contribution in [3.63, 3.8) is 0 Å². The number of nitrogens with one attached hydrogen (secondary N) is 2. The molecular weight excluding hydrogens is 352 g/mol. The molecule has 138 valence electrons. The van der Waals surface area contributed by atoms with Crippen molar-refractivity contribution < 1.29 is 14.8 Å². The molecule has 0 fully saturated rings. The van der Waals surface area contributed by atoms with E-state index in [-0.39, 0.29) is 0 Å². The lowest BCUT2D eigenvalue weighted by atomic mass is 10.1. The summed E-state index contributed by atoms with van der Waals surface area (Å²) in [5.41, 5.74) is 4.22. The highest BCUT2D eigenvalue weighted by atomic mass is 16.5. The van der Waals surface area contributed by atoms with Crippen LogP contribution in [0.15, 0.2) is 84.9 Å². The van der Waals surface area contributed by atoms with Crippen molar-refractivity contribution in [3.8, 4) is 11.8 Å². The molecule has 3 rings (SSSR count). The molecule has 0 bridgehead atoms. The lowest BCUT2D eigenvalue weighted by molar-refractivity contribution is -0.131. The number of hydrogen-bond donors (Lipinski definition) is 3. The zero-order chi connectivity index (χ0) is 19.8. The third-order valence-electron chi connectivity index (χ3n) is 4.05. The number of hydrogen-bond acceptors (Lipinski definition) is 3. The molecule has 3 N–H and O–H groups in total. The first-order valence-electron chi connectivity index (χ1n) is 8.64. The standard InChI is InChI=1S/C23H18N2O3/c26-22(24-21(23(27)25-28)19-9-5-2-6-10-19)20-15-13-18(14-16-20)12-11-17-7-3-1-4-8-17/h1-10,13-16,21,28H,(H,24,26)(H,25,27)/t21-/m1/s1. The molecule has 0 radical (unpaired) electrons. The molecule has 1 atom stereocenters. The van der Waals surface area contributed by atoms with E-state index in [0.717, 1.165) is 11.1 Å². The largest absolute Gasteiger partial charge is 0.336 e. The quantitative estimate of drug-likeness (QED) is 0.375. The predicted molar refractivity (Wildman–Crippen MR) is 105 cm³/mol. The van der Waals surface area contributed by atoms with Crippen molar-refractivity contribution in [2.45, 2.75) is 6.04 Å². The van der Waals surface area contributed by atoms with Gasteiger partial charge in [0, 0.05) is 16.7 Å². The van der Waals surface area contributed by atoms with Gasteiger partial charge in [0.25, 0.3) is 11.8 Å². The van der Waals surface area contributed by atoms with Crippen molar-refractivity contribution in [2.24, 2.45) is 0 Å². The predicted octanol–water partition coefficient (Wildman–Crippen LogP) is 3.06. The van der Waals surface area contributed by atoms with Crippen molar-refractivity contribution in [1.82, 2.24) is 10.8 Å². The van der Waals surface area contributed by atoms with E-state index in [1.165, 1.54) is 0 Å². The SMILES string of the molecule is O=C(N[C@@H](C(=O)NO)c1ccccc1)c1ccc(C#Cc2ccccc2)cc1. The molecule has 5 nitrogen and oxygen atoms in total. The molecule has 0 saturated heterocycles. The Morgan fingerprint density at radius 1 is 0.750 bits per heavy atom. The van der Waals surface area contributed by atoms with Gasteiger partial charge in [-0.2, -0.15) is 0 Å². The molecule has 0 aliphatic carbocycles. The molecule has 0 saturated carbocycles. The van der Waals surface area contributed by atoms with Gasteiger partial charge in [-0.15, -0.1) is 0 Å². The summed E-state index contributed by atoms with van der Waals surface area (Å²) in [6, 6.07) is 24.1. The molecule has 3 aromatic rings. The van der Waals surface area contributed by atoms with Gasteiger partial charge in [-0.25, -0.2) is 5.48 Å². The zero-order valence-corrected chi connectivity index (χ0v) is 14.9. The van der Waals surface area contributed by atoms with E-state index < -0.39 is 17.9 Å². The molecule has 0 spiro atoms. The number of rotatable bonds is 4. The maximum Gasteiger partial charge on any atom is 0.270 e. The summed E-state index contributed by atoms with van der Waals surface area (Å²) < 4.78 is 0. The van der Waals surface area contributed by atoms with Crippen LogP contribution < -0.4 is 10.8 Å². The van der Waals surface area contributed by atoms with Crippen molar-refractivity contribution in [1.29, 1.82) is 0 Å². The van der Waals surface area contributed by atoms with E-state index in [0.29, 0.717) is 11.1 Å². The van der Waals surface area contributed by atoms with Crippen LogP contribution in [0.1, 0.15) is 33.1 Å². The van der Waals surface area contributed by atoms with E-state index in [9.17, 15) is 9.59 Å². The number of benzene rings is 3. The third-order valence-corrected chi connectivity index (χ3v) is 4.05. The third kappa shape index (κ3) is 4.85. The fourth-order valence-electron chi connectivity index (χ4n) is 2.60. The lowest BCUT2D eigenvalue weighted by Gasteiger charge is -2.17. The second-order valence-electron chi connectivity index (χ2n) is 5.99.